The van der Waals surface area contributed by atoms with Gasteiger partial charge in [-0.25, -0.2) is 0 Å². The number of hydrogen-bond donors (Lipinski definition) is 2. The smallest absolute Gasteiger partial charge is 0.224 e. The third-order valence-corrected chi connectivity index (χ3v) is 5.13. The Kier molecular flexibility index (Phi) is 3.78. The van der Waals surface area contributed by atoms with E-state index in [0.717, 1.165) is 32.6 Å². The van der Waals surface area contributed by atoms with Crippen LogP contribution in [0, 0.1) is 5.92 Å². The summed E-state index contributed by atoms with van der Waals surface area (Å²) in [6.07, 6.45) is 3.47. The fraction of sp³-hybridized carbons (Fsp3) is 0.929. The van der Waals surface area contributed by atoms with Crippen molar-refractivity contribution >= 4 is 5.91 Å². The molecular formula is C14H26N4O. The van der Waals surface area contributed by atoms with Gasteiger partial charge in [0.15, 0.2) is 0 Å². The lowest BCUT2D eigenvalue weighted by atomic mass is 9.88. The lowest BCUT2D eigenvalue weighted by Crippen LogP contribution is -2.55. The van der Waals surface area contributed by atoms with Crippen molar-refractivity contribution in [2.75, 3.05) is 40.3 Å². The number of fused-ring (bicyclic) bond motifs is 2. The van der Waals surface area contributed by atoms with Crippen LogP contribution in [0.25, 0.3) is 0 Å². The summed E-state index contributed by atoms with van der Waals surface area (Å²) in [6.45, 7) is 4.04. The number of hydrogen-bond acceptors (Lipinski definition) is 4. The maximum Gasteiger partial charge on any atom is 0.224 e. The predicted octanol–water partition coefficient (Wildman–Crippen LogP) is -0.511. The number of amides is 1. The average Bonchev–Trinajstić information content (AvgIpc) is 3.02. The Bertz CT molecular complexity index is 348. The molecule has 0 aromatic heterocycles. The van der Waals surface area contributed by atoms with Crippen LogP contribution in [0.3, 0.4) is 0 Å². The van der Waals surface area contributed by atoms with Gasteiger partial charge in [-0.05, 0) is 33.4 Å². The lowest BCUT2D eigenvalue weighted by molar-refractivity contribution is -0.125. The highest BCUT2D eigenvalue weighted by atomic mass is 16.2. The van der Waals surface area contributed by atoms with Crippen LogP contribution in [0.5, 0.6) is 0 Å². The molecule has 2 N–H and O–H groups in total. The topological polar surface area (TPSA) is 47.6 Å². The molecule has 19 heavy (non-hydrogen) atoms. The Morgan fingerprint density at radius 2 is 2.16 bits per heavy atom. The summed E-state index contributed by atoms with van der Waals surface area (Å²) in [7, 11) is 4.31. The molecule has 3 aliphatic heterocycles. The molecule has 0 aromatic carbocycles. The molecule has 2 bridgehead atoms. The second-order valence-electron chi connectivity index (χ2n) is 6.53. The first-order valence-electron chi connectivity index (χ1n) is 7.56. The molecule has 3 saturated heterocycles. The van der Waals surface area contributed by atoms with E-state index < -0.39 is 0 Å². The molecule has 3 fully saturated rings. The molecule has 4 atom stereocenters. The Balaban J connectivity index is 1.47. The molecule has 1 amide bonds. The zero-order chi connectivity index (χ0) is 13.4. The molecule has 0 saturated carbocycles. The molecule has 5 heteroatoms. The van der Waals surface area contributed by atoms with Crippen molar-refractivity contribution in [2.24, 2.45) is 5.92 Å². The van der Waals surface area contributed by atoms with E-state index >= 15 is 0 Å². The van der Waals surface area contributed by atoms with Gasteiger partial charge in [0.25, 0.3) is 0 Å². The molecule has 3 aliphatic rings. The van der Waals surface area contributed by atoms with E-state index in [2.05, 4.69) is 34.5 Å². The molecule has 0 aromatic rings. The van der Waals surface area contributed by atoms with Gasteiger partial charge in [0, 0.05) is 44.3 Å². The monoisotopic (exact) mass is 266 g/mol. The first kappa shape index (κ1) is 13.3. The van der Waals surface area contributed by atoms with Gasteiger partial charge in [-0.15, -0.1) is 0 Å². The van der Waals surface area contributed by atoms with Crippen LogP contribution < -0.4 is 10.6 Å². The SMILES string of the molecule is CN1CCN(C)C(CNC(=O)C2CC3CCC2N3)C1. The van der Waals surface area contributed by atoms with E-state index in [1.807, 2.05) is 0 Å². The Morgan fingerprint density at radius 1 is 1.32 bits per heavy atom. The predicted molar refractivity (Wildman–Crippen MR) is 75.0 cm³/mol. The molecule has 0 spiro atoms. The summed E-state index contributed by atoms with van der Waals surface area (Å²) < 4.78 is 0. The van der Waals surface area contributed by atoms with Gasteiger partial charge in [0.2, 0.25) is 5.91 Å². The van der Waals surface area contributed by atoms with Gasteiger partial charge in [-0.1, -0.05) is 0 Å². The van der Waals surface area contributed by atoms with Crippen molar-refractivity contribution in [1.29, 1.82) is 0 Å². The van der Waals surface area contributed by atoms with Crippen molar-refractivity contribution in [3.05, 3.63) is 0 Å². The number of carbonyl (C=O) groups excluding carboxylic acids is 1. The summed E-state index contributed by atoms with van der Waals surface area (Å²) in [6, 6.07) is 1.50. The molecule has 5 nitrogen and oxygen atoms in total. The first-order chi connectivity index (χ1) is 9.13. The summed E-state index contributed by atoms with van der Waals surface area (Å²) in [5, 5.41) is 6.72. The van der Waals surface area contributed by atoms with Gasteiger partial charge in [0.05, 0.1) is 5.92 Å². The van der Waals surface area contributed by atoms with Crippen LogP contribution in [0.2, 0.25) is 0 Å². The number of rotatable bonds is 3. The summed E-state index contributed by atoms with van der Waals surface area (Å²) in [5.74, 6) is 0.478. The van der Waals surface area contributed by atoms with Crippen LogP contribution in [0.15, 0.2) is 0 Å². The molecule has 0 aliphatic carbocycles. The number of likely N-dealkylation sites (N-methyl/N-ethyl adjacent to an activating group) is 2. The van der Waals surface area contributed by atoms with Gasteiger partial charge in [0.1, 0.15) is 0 Å². The van der Waals surface area contributed by atoms with Crippen LogP contribution >= 0.6 is 0 Å². The third kappa shape index (κ3) is 2.78. The minimum Gasteiger partial charge on any atom is -0.354 e. The highest BCUT2D eigenvalue weighted by Gasteiger charge is 2.42. The minimum absolute atomic E-state index is 0.213. The van der Waals surface area contributed by atoms with Crippen molar-refractivity contribution in [3.63, 3.8) is 0 Å². The first-order valence-corrected chi connectivity index (χ1v) is 7.56. The molecule has 3 heterocycles. The third-order valence-electron chi connectivity index (χ3n) is 5.13. The largest absolute Gasteiger partial charge is 0.354 e. The second-order valence-corrected chi connectivity index (χ2v) is 6.53. The second kappa shape index (κ2) is 5.38. The quantitative estimate of drug-likeness (QED) is 0.722. The van der Waals surface area contributed by atoms with Crippen LogP contribution in [-0.2, 0) is 4.79 Å². The van der Waals surface area contributed by atoms with Crippen molar-refractivity contribution in [3.8, 4) is 0 Å². The van der Waals surface area contributed by atoms with E-state index in [0.29, 0.717) is 18.1 Å². The zero-order valence-corrected chi connectivity index (χ0v) is 12.1. The van der Waals surface area contributed by atoms with E-state index in [1.54, 1.807) is 0 Å². The van der Waals surface area contributed by atoms with Gasteiger partial charge in [-0.3, -0.25) is 9.69 Å². The highest BCUT2D eigenvalue weighted by Crippen LogP contribution is 2.33. The number of nitrogens with zero attached hydrogens (tertiary/aromatic N) is 2. The maximum absolute atomic E-state index is 12.3. The van der Waals surface area contributed by atoms with Crippen LogP contribution in [-0.4, -0.2) is 74.1 Å². The number of piperazine rings is 1. The van der Waals surface area contributed by atoms with Crippen molar-refractivity contribution < 1.29 is 4.79 Å². The van der Waals surface area contributed by atoms with Gasteiger partial charge in [-0.2, -0.15) is 0 Å². The Hall–Kier alpha value is -0.650. The lowest BCUT2D eigenvalue weighted by Gasteiger charge is -2.38. The Labute approximate surface area is 115 Å². The molecule has 0 radical (unpaired) electrons. The van der Waals surface area contributed by atoms with Gasteiger partial charge < -0.3 is 15.5 Å². The fourth-order valence-corrected chi connectivity index (χ4v) is 3.79. The van der Waals surface area contributed by atoms with Crippen molar-refractivity contribution in [2.45, 2.75) is 37.4 Å². The standard InChI is InChI=1S/C14H26N4O/c1-17-5-6-18(2)11(9-17)8-15-14(19)12-7-10-3-4-13(12)16-10/h10-13,16H,3-9H2,1-2H3,(H,15,19). The van der Waals surface area contributed by atoms with E-state index in [9.17, 15) is 4.79 Å². The molecular weight excluding hydrogens is 240 g/mol. The highest BCUT2D eigenvalue weighted by molar-refractivity contribution is 5.80. The molecule has 3 rings (SSSR count). The minimum atomic E-state index is 0.213. The summed E-state index contributed by atoms with van der Waals surface area (Å²) in [4.78, 5) is 17.0. The van der Waals surface area contributed by atoms with Crippen LogP contribution in [0.4, 0.5) is 0 Å². The number of nitrogens with one attached hydrogen (secondary N) is 2. The fourth-order valence-electron chi connectivity index (χ4n) is 3.79. The summed E-state index contributed by atoms with van der Waals surface area (Å²) in [5.41, 5.74) is 0. The van der Waals surface area contributed by atoms with E-state index in [-0.39, 0.29) is 11.8 Å². The van der Waals surface area contributed by atoms with Crippen LogP contribution in [0.1, 0.15) is 19.3 Å². The van der Waals surface area contributed by atoms with Gasteiger partial charge >= 0.3 is 0 Å². The average molecular weight is 266 g/mol. The van der Waals surface area contributed by atoms with Crippen molar-refractivity contribution in [1.82, 2.24) is 20.4 Å². The Morgan fingerprint density at radius 3 is 2.84 bits per heavy atom. The summed E-state index contributed by atoms with van der Waals surface area (Å²) >= 11 is 0. The maximum atomic E-state index is 12.3. The molecule has 4 unspecified atom stereocenters. The molecule has 108 valence electrons. The zero-order valence-electron chi connectivity index (χ0n) is 12.1. The normalized spacial score (nSPS) is 39.7. The van der Waals surface area contributed by atoms with E-state index in [4.69, 9.17) is 0 Å². The van der Waals surface area contributed by atoms with E-state index in [1.165, 1.54) is 12.8 Å². The number of carbonyl (C=O) groups is 1.